The van der Waals surface area contributed by atoms with Crippen LogP contribution in [-0.4, -0.2) is 49.6 Å². The molecule has 3 aromatic rings. The van der Waals surface area contributed by atoms with Crippen LogP contribution in [0, 0.1) is 6.92 Å². The fraction of sp³-hybridized carbons (Fsp3) is 0.500. The van der Waals surface area contributed by atoms with Crippen LogP contribution in [0.5, 0.6) is 0 Å². The second-order valence-corrected chi connectivity index (χ2v) is 6.92. The molecule has 3 aromatic heterocycles. The largest absolute Gasteiger partial charge is 0.370 e. The van der Waals surface area contributed by atoms with Gasteiger partial charge in [-0.05, 0) is 31.9 Å². The molecular formula is C18H21N7O2. The molecule has 5 rings (SSSR count). The van der Waals surface area contributed by atoms with Crippen LogP contribution < -0.4 is 4.90 Å². The average Bonchev–Trinajstić information content (AvgIpc) is 3.41. The number of aryl methyl sites for hydroxylation is 1. The van der Waals surface area contributed by atoms with Crippen molar-refractivity contribution < 1.29 is 9.26 Å². The highest BCUT2D eigenvalue weighted by Gasteiger charge is 2.27. The minimum Gasteiger partial charge on any atom is -0.370 e. The third-order valence-electron chi connectivity index (χ3n) is 5.12. The Morgan fingerprint density at radius 3 is 2.85 bits per heavy atom. The van der Waals surface area contributed by atoms with E-state index in [9.17, 15) is 0 Å². The lowest BCUT2D eigenvalue weighted by Crippen LogP contribution is -2.27. The van der Waals surface area contributed by atoms with Gasteiger partial charge in [-0.25, -0.2) is 4.98 Å². The number of anilines is 1. The van der Waals surface area contributed by atoms with E-state index in [0.29, 0.717) is 11.7 Å². The molecule has 0 aliphatic carbocycles. The maximum atomic E-state index is 5.80. The zero-order chi connectivity index (χ0) is 18.2. The summed E-state index contributed by atoms with van der Waals surface area (Å²) in [4.78, 5) is 11.1. The lowest BCUT2D eigenvalue weighted by molar-refractivity contribution is 0.101. The number of rotatable bonds is 3. The summed E-state index contributed by atoms with van der Waals surface area (Å²) in [5.74, 6) is 4.05. The van der Waals surface area contributed by atoms with Crippen LogP contribution in [-0.2, 0) is 17.7 Å². The summed E-state index contributed by atoms with van der Waals surface area (Å²) in [6.07, 6.45) is 4.83. The maximum Gasteiger partial charge on any atom is 0.259 e. The monoisotopic (exact) mass is 367 g/mol. The molecule has 0 aromatic carbocycles. The van der Waals surface area contributed by atoms with Crippen LogP contribution in [0.1, 0.15) is 36.4 Å². The molecule has 0 N–H and O–H groups in total. The lowest BCUT2D eigenvalue weighted by atomic mass is 10.2. The number of hydrogen-bond acceptors (Lipinski definition) is 8. The number of pyridine rings is 1. The summed E-state index contributed by atoms with van der Waals surface area (Å²) in [7, 11) is 0. The van der Waals surface area contributed by atoms with Crippen molar-refractivity contribution in [1.29, 1.82) is 0 Å². The SMILES string of the molecule is Cc1noc(-c2ccc(N3CCc4nnc(C5CCCO5)n4CC3)nc2)n1. The summed E-state index contributed by atoms with van der Waals surface area (Å²) in [5, 5.41) is 12.6. The molecule has 2 aliphatic heterocycles. The molecular weight excluding hydrogens is 346 g/mol. The Morgan fingerprint density at radius 1 is 1.15 bits per heavy atom. The number of fused-ring (bicyclic) bond motifs is 1. The molecule has 1 unspecified atom stereocenters. The van der Waals surface area contributed by atoms with Gasteiger partial charge >= 0.3 is 0 Å². The van der Waals surface area contributed by atoms with Gasteiger partial charge in [0.2, 0.25) is 0 Å². The van der Waals surface area contributed by atoms with Gasteiger partial charge in [-0.2, -0.15) is 4.98 Å². The van der Waals surface area contributed by atoms with Crippen molar-refractivity contribution in [3.8, 4) is 11.5 Å². The number of aromatic nitrogens is 6. The minimum atomic E-state index is 0.0908. The van der Waals surface area contributed by atoms with Gasteiger partial charge in [0.15, 0.2) is 11.6 Å². The normalized spacial score (nSPS) is 19.9. The summed E-state index contributed by atoms with van der Waals surface area (Å²) in [6.45, 7) is 5.17. The molecule has 140 valence electrons. The van der Waals surface area contributed by atoms with Gasteiger partial charge in [0.05, 0.1) is 5.56 Å². The molecule has 0 radical (unpaired) electrons. The van der Waals surface area contributed by atoms with Gasteiger partial charge in [-0.1, -0.05) is 5.16 Å². The van der Waals surface area contributed by atoms with Crippen molar-refractivity contribution in [3.63, 3.8) is 0 Å². The van der Waals surface area contributed by atoms with Crippen molar-refractivity contribution in [2.24, 2.45) is 0 Å². The van der Waals surface area contributed by atoms with E-state index in [1.165, 1.54) is 0 Å². The van der Waals surface area contributed by atoms with Crippen molar-refractivity contribution in [2.45, 2.75) is 38.8 Å². The van der Waals surface area contributed by atoms with Crippen LogP contribution in [0.2, 0.25) is 0 Å². The van der Waals surface area contributed by atoms with E-state index in [1.807, 2.05) is 12.1 Å². The molecule has 2 aliphatic rings. The third kappa shape index (κ3) is 3.08. The Hall–Kier alpha value is -2.81. The molecule has 0 amide bonds. The molecule has 1 saturated heterocycles. The molecule has 0 spiro atoms. The number of nitrogens with zero attached hydrogens (tertiary/aromatic N) is 7. The van der Waals surface area contributed by atoms with Crippen LogP contribution in [0.15, 0.2) is 22.9 Å². The zero-order valence-electron chi connectivity index (χ0n) is 15.2. The molecule has 9 heteroatoms. The van der Waals surface area contributed by atoms with Crippen molar-refractivity contribution >= 4 is 5.82 Å². The summed E-state index contributed by atoms with van der Waals surface area (Å²) < 4.78 is 13.2. The molecule has 0 saturated carbocycles. The van der Waals surface area contributed by atoms with E-state index in [-0.39, 0.29) is 6.10 Å². The Bertz CT molecular complexity index is 928. The lowest BCUT2D eigenvalue weighted by Gasteiger charge is -2.21. The highest BCUT2D eigenvalue weighted by Crippen LogP contribution is 2.28. The summed E-state index contributed by atoms with van der Waals surface area (Å²) in [5.41, 5.74) is 0.826. The van der Waals surface area contributed by atoms with Crippen LogP contribution in [0.4, 0.5) is 5.82 Å². The van der Waals surface area contributed by atoms with E-state index < -0.39 is 0 Å². The maximum absolute atomic E-state index is 5.80. The summed E-state index contributed by atoms with van der Waals surface area (Å²) >= 11 is 0. The van der Waals surface area contributed by atoms with Crippen molar-refractivity contribution in [2.75, 3.05) is 24.6 Å². The average molecular weight is 367 g/mol. The first-order valence-electron chi connectivity index (χ1n) is 9.33. The molecule has 9 nitrogen and oxygen atoms in total. The molecule has 1 fully saturated rings. The van der Waals surface area contributed by atoms with Gasteiger partial charge in [-0.3, -0.25) is 0 Å². The van der Waals surface area contributed by atoms with E-state index in [4.69, 9.17) is 9.26 Å². The molecule has 27 heavy (non-hydrogen) atoms. The third-order valence-corrected chi connectivity index (χ3v) is 5.12. The van der Waals surface area contributed by atoms with Crippen LogP contribution >= 0.6 is 0 Å². The van der Waals surface area contributed by atoms with Gasteiger partial charge in [0, 0.05) is 38.9 Å². The van der Waals surface area contributed by atoms with Gasteiger partial charge in [0.25, 0.3) is 5.89 Å². The first kappa shape index (κ1) is 16.4. The van der Waals surface area contributed by atoms with E-state index >= 15 is 0 Å². The van der Waals surface area contributed by atoms with Crippen LogP contribution in [0.25, 0.3) is 11.5 Å². The molecule has 0 bridgehead atoms. The highest BCUT2D eigenvalue weighted by molar-refractivity contribution is 5.54. The fourth-order valence-electron chi connectivity index (χ4n) is 3.71. The number of hydrogen-bond donors (Lipinski definition) is 0. The smallest absolute Gasteiger partial charge is 0.259 e. The standard InChI is InChI=1S/C18H21N7O2/c1-12-20-18(27-23-12)13-4-5-15(19-11-13)24-7-6-16-21-22-17(25(16)9-8-24)14-3-2-10-26-14/h4-5,11,14H,2-3,6-10H2,1H3. The predicted octanol–water partition coefficient (Wildman–Crippen LogP) is 1.95. The van der Waals surface area contributed by atoms with Crippen LogP contribution in [0.3, 0.4) is 0 Å². The first-order chi connectivity index (χ1) is 13.3. The second kappa shape index (κ2) is 6.73. The molecule has 5 heterocycles. The second-order valence-electron chi connectivity index (χ2n) is 6.92. The van der Waals surface area contributed by atoms with Crippen molar-refractivity contribution in [3.05, 3.63) is 35.8 Å². The van der Waals surface area contributed by atoms with E-state index in [0.717, 1.165) is 68.5 Å². The van der Waals surface area contributed by atoms with E-state index in [2.05, 4.69) is 34.8 Å². The number of ether oxygens (including phenoxy) is 1. The highest BCUT2D eigenvalue weighted by atomic mass is 16.5. The fourth-order valence-corrected chi connectivity index (χ4v) is 3.71. The van der Waals surface area contributed by atoms with E-state index in [1.54, 1.807) is 13.1 Å². The predicted molar refractivity (Wildman–Crippen MR) is 96.1 cm³/mol. The first-order valence-corrected chi connectivity index (χ1v) is 9.33. The van der Waals surface area contributed by atoms with Crippen molar-refractivity contribution in [1.82, 2.24) is 29.9 Å². The van der Waals surface area contributed by atoms with Gasteiger partial charge < -0.3 is 18.7 Å². The summed E-state index contributed by atoms with van der Waals surface area (Å²) in [6, 6.07) is 3.97. The van der Waals surface area contributed by atoms with Gasteiger partial charge in [-0.15, -0.1) is 10.2 Å². The molecule has 1 atom stereocenters. The van der Waals surface area contributed by atoms with Gasteiger partial charge in [0.1, 0.15) is 17.7 Å². The Balaban J connectivity index is 1.32. The zero-order valence-corrected chi connectivity index (χ0v) is 15.2. The minimum absolute atomic E-state index is 0.0908. The quantitative estimate of drug-likeness (QED) is 0.693. The Morgan fingerprint density at radius 2 is 2.11 bits per heavy atom. The topological polar surface area (TPSA) is 95.0 Å². The Kier molecular flexibility index (Phi) is 4.08. The Labute approximate surface area is 156 Å².